The van der Waals surface area contributed by atoms with Gasteiger partial charge in [-0.2, -0.15) is 0 Å². The lowest BCUT2D eigenvalue weighted by Gasteiger charge is -2.43. The van der Waals surface area contributed by atoms with Crippen LogP contribution in [0.1, 0.15) is 63.9 Å². The SMILES string of the molecule is C#CC1CC(OC(=O)C2(c3ccccc3)CCCCCC2)C1CC[NH3+].C=COC.CCOc1cccnc1. The molecule has 6 nitrogen and oxygen atoms in total. The minimum atomic E-state index is -0.478. The van der Waals surface area contributed by atoms with E-state index in [4.69, 9.17) is 15.9 Å². The summed E-state index contributed by atoms with van der Waals surface area (Å²) in [5.41, 5.74) is 4.58. The molecule has 0 aliphatic heterocycles. The molecule has 1 heterocycles. The van der Waals surface area contributed by atoms with E-state index in [0.717, 1.165) is 56.4 Å². The van der Waals surface area contributed by atoms with Crippen LogP contribution in [0.2, 0.25) is 0 Å². The van der Waals surface area contributed by atoms with E-state index in [-0.39, 0.29) is 23.9 Å². The van der Waals surface area contributed by atoms with E-state index in [1.807, 2.05) is 37.3 Å². The summed E-state index contributed by atoms with van der Waals surface area (Å²) in [5.74, 6) is 4.17. The van der Waals surface area contributed by atoms with Gasteiger partial charge in [0, 0.05) is 24.5 Å². The number of nitrogens with zero attached hydrogens (tertiary/aromatic N) is 1. The molecule has 6 heteroatoms. The van der Waals surface area contributed by atoms with Crippen LogP contribution >= 0.6 is 0 Å². The van der Waals surface area contributed by atoms with Crippen molar-refractivity contribution in [3.63, 3.8) is 0 Å². The molecule has 1 aromatic carbocycles. The van der Waals surface area contributed by atoms with E-state index in [1.54, 1.807) is 19.5 Å². The summed E-state index contributed by atoms with van der Waals surface area (Å²) in [7, 11) is 1.56. The quantitative estimate of drug-likeness (QED) is 0.219. The molecule has 0 radical (unpaired) electrons. The molecule has 2 aliphatic rings. The minimum absolute atomic E-state index is 0.0286. The van der Waals surface area contributed by atoms with E-state index in [0.29, 0.717) is 6.61 Å². The van der Waals surface area contributed by atoms with Crippen LogP contribution in [0.4, 0.5) is 0 Å². The van der Waals surface area contributed by atoms with Gasteiger partial charge in [-0.15, -0.1) is 12.3 Å². The van der Waals surface area contributed by atoms with Gasteiger partial charge in [0.05, 0.1) is 38.1 Å². The maximum Gasteiger partial charge on any atom is 0.316 e. The number of terminal acetylenes is 1. The van der Waals surface area contributed by atoms with Crippen LogP contribution in [0.5, 0.6) is 5.75 Å². The van der Waals surface area contributed by atoms with Crippen molar-refractivity contribution in [1.82, 2.24) is 4.98 Å². The van der Waals surface area contributed by atoms with Crippen molar-refractivity contribution in [3.8, 4) is 18.1 Å². The fourth-order valence-electron chi connectivity index (χ4n) is 5.16. The molecule has 2 fully saturated rings. The Balaban J connectivity index is 0.000000322. The summed E-state index contributed by atoms with van der Waals surface area (Å²) in [5, 5.41) is 0. The number of benzene rings is 1. The molecule has 0 spiro atoms. The summed E-state index contributed by atoms with van der Waals surface area (Å²) in [6.45, 7) is 6.74. The maximum absolute atomic E-state index is 13.3. The third-order valence-electron chi connectivity index (χ3n) is 7.28. The van der Waals surface area contributed by atoms with Gasteiger partial charge in [-0.3, -0.25) is 9.78 Å². The molecule has 2 saturated carbocycles. The van der Waals surface area contributed by atoms with Crippen LogP contribution in [0.25, 0.3) is 0 Å². The van der Waals surface area contributed by atoms with Crippen LogP contribution in [-0.4, -0.2) is 37.3 Å². The van der Waals surface area contributed by atoms with Gasteiger partial charge in [0.2, 0.25) is 0 Å². The monoisotopic (exact) mass is 521 g/mol. The molecule has 0 amide bonds. The Morgan fingerprint density at radius 2 is 1.87 bits per heavy atom. The number of carbonyl (C=O) groups is 1. The first-order valence-electron chi connectivity index (χ1n) is 13.7. The van der Waals surface area contributed by atoms with Crippen LogP contribution in [0.3, 0.4) is 0 Å². The third-order valence-corrected chi connectivity index (χ3v) is 7.28. The lowest BCUT2D eigenvalue weighted by Crippen LogP contribution is -2.55. The van der Waals surface area contributed by atoms with Gasteiger partial charge in [-0.1, -0.05) is 62.6 Å². The van der Waals surface area contributed by atoms with E-state index in [9.17, 15) is 4.79 Å². The van der Waals surface area contributed by atoms with Gasteiger partial charge >= 0.3 is 5.97 Å². The number of hydrogen-bond acceptors (Lipinski definition) is 5. The molecule has 3 unspecified atom stereocenters. The normalized spacial score (nSPS) is 21.3. The number of carbonyl (C=O) groups excluding carboxylic acids is 1. The van der Waals surface area contributed by atoms with E-state index in [1.165, 1.54) is 19.1 Å². The zero-order valence-corrected chi connectivity index (χ0v) is 23.1. The molecule has 0 bridgehead atoms. The van der Waals surface area contributed by atoms with Crippen molar-refractivity contribution in [2.75, 3.05) is 20.3 Å². The molecule has 2 aliphatic carbocycles. The summed E-state index contributed by atoms with van der Waals surface area (Å²) < 4.78 is 15.5. The molecule has 3 atom stereocenters. The molecule has 4 rings (SSSR count). The lowest BCUT2D eigenvalue weighted by molar-refractivity contribution is -0.372. The second-order valence-electron chi connectivity index (χ2n) is 9.65. The first-order valence-corrected chi connectivity index (χ1v) is 13.7. The topological polar surface area (TPSA) is 85.3 Å². The number of aromatic nitrogens is 1. The standard InChI is InChI=1S/C22H29NO2.C7H9NO.C3H6O/c1-2-17-16-20(19(17)12-15-23)25-21(24)22(13-8-3-4-9-14-22)18-10-6-5-7-11-18;1-2-9-7-4-3-5-8-6-7;1-3-4-2/h1,5-7,10-11,17,19-20H,3-4,8-9,12-16,23H2;3-6H,2H2,1H3;3H,1H2,2H3/p+1. The molecule has 1 aromatic heterocycles. The Kier molecular flexibility index (Phi) is 14.0. The summed E-state index contributed by atoms with van der Waals surface area (Å²) in [6.07, 6.45) is 18.5. The van der Waals surface area contributed by atoms with E-state index < -0.39 is 5.41 Å². The predicted molar refractivity (Wildman–Crippen MR) is 151 cm³/mol. The minimum Gasteiger partial charge on any atom is -0.505 e. The molecule has 2 aromatic rings. The lowest BCUT2D eigenvalue weighted by atomic mass is 9.69. The highest BCUT2D eigenvalue weighted by atomic mass is 16.5. The molecular formula is C32H45N2O4+. The number of quaternary nitrogens is 1. The molecular weight excluding hydrogens is 476 g/mol. The summed E-state index contributed by atoms with van der Waals surface area (Å²) in [6, 6.07) is 14.0. The van der Waals surface area contributed by atoms with Gasteiger partial charge in [-0.05, 0) is 43.9 Å². The Morgan fingerprint density at radius 1 is 1.18 bits per heavy atom. The second kappa shape index (κ2) is 17.3. The third kappa shape index (κ3) is 8.92. The average molecular weight is 522 g/mol. The number of ether oxygens (including phenoxy) is 3. The predicted octanol–water partition coefficient (Wildman–Crippen LogP) is 5.35. The highest BCUT2D eigenvalue weighted by Crippen LogP contribution is 2.43. The van der Waals surface area contributed by atoms with Crippen molar-refractivity contribution in [3.05, 3.63) is 73.3 Å². The van der Waals surface area contributed by atoms with Crippen LogP contribution < -0.4 is 10.5 Å². The Morgan fingerprint density at radius 3 is 2.39 bits per heavy atom. The van der Waals surface area contributed by atoms with Crippen molar-refractivity contribution in [2.45, 2.75) is 69.8 Å². The summed E-state index contributed by atoms with van der Waals surface area (Å²) in [4.78, 5) is 17.2. The fourth-order valence-corrected chi connectivity index (χ4v) is 5.16. The van der Waals surface area contributed by atoms with Crippen LogP contribution in [0, 0.1) is 24.2 Å². The highest BCUT2D eigenvalue weighted by Gasteiger charge is 2.47. The second-order valence-corrected chi connectivity index (χ2v) is 9.65. The maximum atomic E-state index is 13.3. The first-order chi connectivity index (χ1) is 18.6. The van der Waals surface area contributed by atoms with Crippen LogP contribution in [-0.2, 0) is 19.7 Å². The van der Waals surface area contributed by atoms with Gasteiger partial charge in [0.1, 0.15) is 11.9 Å². The zero-order chi connectivity index (χ0) is 27.6. The number of rotatable bonds is 8. The number of hydrogen-bond donors (Lipinski definition) is 1. The smallest absolute Gasteiger partial charge is 0.316 e. The molecule has 206 valence electrons. The number of esters is 1. The molecule has 0 saturated heterocycles. The molecule has 38 heavy (non-hydrogen) atoms. The molecule has 3 N–H and O–H groups in total. The zero-order valence-electron chi connectivity index (χ0n) is 23.1. The highest BCUT2D eigenvalue weighted by molar-refractivity contribution is 5.83. The van der Waals surface area contributed by atoms with Crippen molar-refractivity contribution in [1.29, 1.82) is 0 Å². The number of methoxy groups -OCH3 is 1. The summed E-state index contributed by atoms with van der Waals surface area (Å²) >= 11 is 0. The Labute approximate surface area is 229 Å². The average Bonchev–Trinajstić information content (AvgIpc) is 3.23. The van der Waals surface area contributed by atoms with Gasteiger partial charge < -0.3 is 19.9 Å². The van der Waals surface area contributed by atoms with E-state index >= 15 is 0 Å². The first kappa shape index (κ1) is 30.9. The van der Waals surface area contributed by atoms with Crippen molar-refractivity contribution in [2.24, 2.45) is 11.8 Å². The Bertz CT molecular complexity index is 966. The van der Waals surface area contributed by atoms with Crippen LogP contribution in [0.15, 0.2) is 67.7 Å². The Hall–Kier alpha value is -3.30. The van der Waals surface area contributed by atoms with Crippen molar-refractivity contribution < 1.29 is 24.7 Å². The largest absolute Gasteiger partial charge is 0.505 e. The van der Waals surface area contributed by atoms with Gasteiger partial charge in [0.25, 0.3) is 0 Å². The number of pyridine rings is 1. The fraction of sp³-hybridized carbons (Fsp3) is 0.500. The van der Waals surface area contributed by atoms with E-state index in [2.05, 4.69) is 40.1 Å². The van der Waals surface area contributed by atoms with Gasteiger partial charge in [0.15, 0.2) is 0 Å². The van der Waals surface area contributed by atoms with Crippen molar-refractivity contribution >= 4 is 5.97 Å². The van der Waals surface area contributed by atoms with Gasteiger partial charge in [-0.25, -0.2) is 0 Å².